The molecule has 0 aliphatic heterocycles. The number of nitrogens with zero attached hydrogens (tertiary/aromatic N) is 2. The fourth-order valence-corrected chi connectivity index (χ4v) is 4.33. The summed E-state index contributed by atoms with van der Waals surface area (Å²) in [6.07, 6.45) is 0. The third-order valence-corrected chi connectivity index (χ3v) is 5.97. The molecule has 0 fully saturated rings. The Kier molecular flexibility index (Phi) is 4.19. The molecule has 6 aromatic rings. The van der Waals surface area contributed by atoms with E-state index in [1.807, 2.05) is 36.4 Å². The van der Waals surface area contributed by atoms with Crippen molar-refractivity contribution in [2.45, 2.75) is 0 Å². The van der Waals surface area contributed by atoms with E-state index in [-0.39, 0.29) is 0 Å². The number of aromatic nitrogens is 2. The minimum Gasteiger partial charge on any atom is -0.246 e. The van der Waals surface area contributed by atoms with Crippen LogP contribution in [0.5, 0.6) is 0 Å². The number of para-hydroxylation sites is 1. The van der Waals surface area contributed by atoms with Gasteiger partial charge in [-0.05, 0) is 58.3 Å². The van der Waals surface area contributed by atoms with Crippen molar-refractivity contribution in [3.05, 3.63) is 108 Å². The molecule has 0 N–H and O–H groups in total. The Bertz CT molecular complexity index is 1590. The highest BCUT2D eigenvalue weighted by atomic mass is 35.5. The third-order valence-electron chi connectivity index (χ3n) is 5.71. The molecule has 0 radical (unpaired) electrons. The molecule has 0 saturated carbocycles. The quantitative estimate of drug-likeness (QED) is 0.268. The molecule has 0 aliphatic carbocycles. The third kappa shape index (κ3) is 3.13. The summed E-state index contributed by atoms with van der Waals surface area (Å²) in [6.45, 7) is 0. The summed E-state index contributed by atoms with van der Waals surface area (Å²) in [7, 11) is 0. The molecule has 4 aromatic carbocycles. The van der Waals surface area contributed by atoms with Crippen LogP contribution in [0.2, 0.25) is 5.02 Å². The van der Waals surface area contributed by atoms with Crippen molar-refractivity contribution in [3.8, 4) is 22.5 Å². The lowest BCUT2D eigenvalue weighted by Crippen LogP contribution is -1.93. The average molecular weight is 417 g/mol. The van der Waals surface area contributed by atoms with Gasteiger partial charge in [0.2, 0.25) is 0 Å². The summed E-state index contributed by atoms with van der Waals surface area (Å²) in [4.78, 5) is 9.90. The molecule has 2 nitrogen and oxygen atoms in total. The first kappa shape index (κ1) is 18.1. The van der Waals surface area contributed by atoms with Gasteiger partial charge in [-0.15, -0.1) is 0 Å². The molecule has 6 rings (SSSR count). The number of benzene rings is 4. The van der Waals surface area contributed by atoms with Gasteiger partial charge in [-0.1, -0.05) is 78.3 Å². The van der Waals surface area contributed by atoms with Gasteiger partial charge in [-0.2, -0.15) is 0 Å². The smallest absolute Gasteiger partial charge is 0.0900 e. The normalized spacial score (nSPS) is 11.4. The van der Waals surface area contributed by atoms with Gasteiger partial charge in [0.15, 0.2) is 0 Å². The lowest BCUT2D eigenvalue weighted by molar-refractivity contribution is 1.32. The SMILES string of the molecule is Clc1ccc(-c2cc(-c3ccc4ccccc4n3)nc3ccc4ccccc4c23)cc1. The maximum atomic E-state index is 6.17. The first-order chi connectivity index (χ1) is 15.3. The van der Waals surface area contributed by atoms with Crippen molar-refractivity contribution in [2.24, 2.45) is 0 Å². The second-order valence-corrected chi connectivity index (χ2v) is 8.07. The molecule has 0 amide bonds. The molecule has 0 atom stereocenters. The topological polar surface area (TPSA) is 25.8 Å². The van der Waals surface area contributed by atoms with Gasteiger partial charge in [0.1, 0.15) is 0 Å². The van der Waals surface area contributed by atoms with Crippen LogP contribution in [0.4, 0.5) is 0 Å². The van der Waals surface area contributed by atoms with Crippen molar-refractivity contribution in [2.75, 3.05) is 0 Å². The second kappa shape index (κ2) is 7.19. The van der Waals surface area contributed by atoms with Crippen LogP contribution in [0.1, 0.15) is 0 Å². The van der Waals surface area contributed by atoms with Gasteiger partial charge >= 0.3 is 0 Å². The van der Waals surface area contributed by atoms with Crippen molar-refractivity contribution >= 4 is 44.2 Å². The highest BCUT2D eigenvalue weighted by Gasteiger charge is 2.13. The molecule has 0 bridgehead atoms. The van der Waals surface area contributed by atoms with Gasteiger partial charge in [0.25, 0.3) is 0 Å². The van der Waals surface area contributed by atoms with E-state index in [0.717, 1.165) is 49.3 Å². The Hall–Kier alpha value is -3.75. The number of hydrogen-bond acceptors (Lipinski definition) is 2. The van der Waals surface area contributed by atoms with Crippen molar-refractivity contribution in [1.82, 2.24) is 9.97 Å². The van der Waals surface area contributed by atoms with Crippen molar-refractivity contribution in [3.63, 3.8) is 0 Å². The summed E-state index contributed by atoms with van der Waals surface area (Å²) in [5.41, 5.74) is 5.88. The Morgan fingerprint density at radius 1 is 0.548 bits per heavy atom. The minimum absolute atomic E-state index is 0.725. The fraction of sp³-hybridized carbons (Fsp3) is 0. The van der Waals surface area contributed by atoms with Gasteiger partial charge in [-0.25, -0.2) is 9.97 Å². The number of hydrogen-bond donors (Lipinski definition) is 0. The van der Waals surface area contributed by atoms with Crippen LogP contribution < -0.4 is 0 Å². The van der Waals surface area contributed by atoms with Gasteiger partial charge in [-0.3, -0.25) is 0 Å². The average Bonchev–Trinajstić information content (AvgIpc) is 2.83. The van der Waals surface area contributed by atoms with E-state index in [4.69, 9.17) is 21.6 Å². The van der Waals surface area contributed by atoms with Crippen LogP contribution >= 0.6 is 11.6 Å². The molecule has 31 heavy (non-hydrogen) atoms. The van der Waals surface area contributed by atoms with E-state index in [2.05, 4.69) is 66.7 Å². The van der Waals surface area contributed by atoms with Crippen LogP contribution in [0.15, 0.2) is 103 Å². The Labute approximate surface area is 184 Å². The largest absolute Gasteiger partial charge is 0.246 e. The standard InChI is InChI=1S/C28H17ClN2/c29-21-13-9-19(10-14-21)23-17-27(25-15-12-20-6-2-4-8-24(20)30-25)31-26-16-11-18-5-1-3-7-22(18)28(23)26/h1-17H. The highest BCUT2D eigenvalue weighted by Crippen LogP contribution is 2.36. The zero-order valence-electron chi connectivity index (χ0n) is 16.6. The van der Waals surface area contributed by atoms with Gasteiger partial charge < -0.3 is 0 Å². The molecule has 2 aromatic heterocycles. The summed E-state index contributed by atoms with van der Waals surface area (Å²) in [5, 5.41) is 5.38. The van der Waals surface area contributed by atoms with Crippen LogP contribution in [-0.4, -0.2) is 9.97 Å². The number of halogens is 1. The molecule has 0 saturated heterocycles. The van der Waals surface area contributed by atoms with Crippen LogP contribution in [0.3, 0.4) is 0 Å². The molecule has 2 heterocycles. The van der Waals surface area contributed by atoms with E-state index >= 15 is 0 Å². The van der Waals surface area contributed by atoms with E-state index in [1.165, 1.54) is 10.8 Å². The van der Waals surface area contributed by atoms with E-state index in [1.54, 1.807) is 0 Å². The lowest BCUT2D eigenvalue weighted by atomic mass is 9.95. The summed E-state index contributed by atoms with van der Waals surface area (Å²) < 4.78 is 0. The highest BCUT2D eigenvalue weighted by molar-refractivity contribution is 6.30. The first-order valence-electron chi connectivity index (χ1n) is 10.2. The predicted octanol–water partition coefficient (Wildman–Crippen LogP) is 7.92. The first-order valence-corrected chi connectivity index (χ1v) is 10.6. The molecule has 0 spiro atoms. The maximum absolute atomic E-state index is 6.17. The zero-order chi connectivity index (χ0) is 20.8. The molecule has 0 unspecified atom stereocenters. The molecule has 146 valence electrons. The predicted molar refractivity (Wildman–Crippen MR) is 130 cm³/mol. The molecular weight excluding hydrogens is 400 g/mol. The Morgan fingerprint density at radius 2 is 1.26 bits per heavy atom. The summed E-state index contributed by atoms with van der Waals surface area (Å²) in [6, 6.07) is 35.1. The van der Waals surface area contributed by atoms with E-state index in [9.17, 15) is 0 Å². The molecular formula is C28H17ClN2. The fourth-order valence-electron chi connectivity index (χ4n) is 4.20. The summed E-state index contributed by atoms with van der Waals surface area (Å²) >= 11 is 6.17. The van der Waals surface area contributed by atoms with Crippen molar-refractivity contribution < 1.29 is 0 Å². The maximum Gasteiger partial charge on any atom is 0.0900 e. The zero-order valence-corrected chi connectivity index (χ0v) is 17.3. The van der Waals surface area contributed by atoms with E-state index in [0.29, 0.717) is 0 Å². The van der Waals surface area contributed by atoms with Gasteiger partial charge in [0.05, 0.1) is 22.4 Å². The number of fused-ring (bicyclic) bond motifs is 4. The Morgan fingerprint density at radius 3 is 2.13 bits per heavy atom. The molecule has 3 heteroatoms. The number of pyridine rings is 2. The second-order valence-electron chi connectivity index (χ2n) is 7.63. The monoisotopic (exact) mass is 416 g/mol. The van der Waals surface area contributed by atoms with Crippen LogP contribution in [-0.2, 0) is 0 Å². The van der Waals surface area contributed by atoms with Crippen LogP contribution in [0, 0.1) is 0 Å². The summed E-state index contributed by atoms with van der Waals surface area (Å²) in [5.74, 6) is 0. The minimum atomic E-state index is 0.725. The Balaban J connectivity index is 1.68. The lowest BCUT2D eigenvalue weighted by Gasteiger charge is -2.13. The van der Waals surface area contributed by atoms with Gasteiger partial charge in [0, 0.05) is 15.8 Å². The number of rotatable bonds is 2. The molecule has 0 aliphatic rings. The van der Waals surface area contributed by atoms with E-state index < -0.39 is 0 Å². The van der Waals surface area contributed by atoms with Crippen molar-refractivity contribution in [1.29, 1.82) is 0 Å². The van der Waals surface area contributed by atoms with Crippen LogP contribution in [0.25, 0.3) is 55.1 Å².